The second-order valence-electron chi connectivity index (χ2n) is 4.23. The monoisotopic (exact) mass is 265 g/mol. The molecule has 0 spiro atoms. The maximum atomic E-state index is 11.5. The van der Waals surface area contributed by atoms with Crippen LogP contribution in [0.4, 0.5) is 0 Å². The van der Waals surface area contributed by atoms with Crippen LogP contribution in [0.3, 0.4) is 0 Å². The van der Waals surface area contributed by atoms with Gasteiger partial charge in [-0.25, -0.2) is 4.72 Å². The zero-order valence-corrected chi connectivity index (χ0v) is 10.4. The fourth-order valence-corrected chi connectivity index (χ4v) is 2.92. The van der Waals surface area contributed by atoms with Gasteiger partial charge in [0.15, 0.2) is 0 Å². The van der Waals surface area contributed by atoms with Gasteiger partial charge in [0.2, 0.25) is 0 Å². The van der Waals surface area contributed by atoms with Crippen molar-refractivity contribution in [3.05, 3.63) is 0 Å². The molecule has 0 amide bonds. The average molecular weight is 265 g/mol. The van der Waals surface area contributed by atoms with Gasteiger partial charge in [-0.05, 0) is 19.3 Å². The van der Waals surface area contributed by atoms with Crippen LogP contribution in [0.5, 0.6) is 0 Å². The van der Waals surface area contributed by atoms with Crippen molar-refractivity contribution in [3.8, 4) is 0 Å². The molecular weight excluding hydrogens is 246 g/mol. The lowest BCUT2D eigenvalue weighted by molar-refractivity contribution is -0.138. The third-order valence-corrected chi connectivity index (χ3v) is 3.97. The van der Waals surface area contributed by atoms with Crippen molar-refractivity contribution >= 4 is 16.2 Å². The Hall–Kier alpha value is -0.700. The number of carboxylic acid groups (broad SMARTS) is 1. The number of hydrogen-bond donors (Lipinski definition) is 4. The summed E-state index contributed by atoms with van der Waals surface area (Å²) in [5.74, 6) is -1.13. The summed E-state index contributed by atoms with van der Waals surface area (Å²) >= 11 is 0. The quantitative estimate of drug-likeness (QED) is 0.478. The molecule has 0 saturated heterocycles. The highest BCUT2D eigenvalue weighted by atomic mass is 32.2. The Kier molecular flexibility index (Phi) is 5.31. The van der Waals surface area contributed by atoms with Crippen LogP contribution in [0.1, 0.15) is 32.1 Å². The third-order valence-electron chi connectivity index (χ3n) is 2.74. The van der Waals surface area contributed by atoms with Crippen LogP contribution < -0.4 is 15.2 Å². The molecule has 5 N–H and O–H groups in total. The number of hydrogen-bond acceptors (Lipinski definition) is 4. The zero-order chi connectivity index (χ0) is 12.9. The van der Waals surface area contributed by atoms with Crippen molar-refractivity contribution in [3.63, 3.8) is 0 Å². The van der Waals surface area contributed by atoms with Crippen molar-refractivity contribution in [1.29, 1.82) is 0 Å². The highest BCUT2D eigenvalue weighted by Gasteiger charge is 2.21. The molecule has 1 unspecified atom stereocenters. The van der Waals surface area contributed by atoms with Crippen molar-refractivity contribution in [1.82, 2.24) is 9.44 Å². The number of carboxylic acids is 1. The Morgan fingerprint density at radius 2 is 2.00 bits per heavy atom. The van der Waals surface area contributed by atoms with E-state index in [9.17, 15) is 13.2 Å². The Labute approximate surface area is 101 Å². The fraction of sp³-hybridized carbons (Fsp3) is 0.889. The summed E-state index contributed by atoms with van der Waals surface area (Å²) in [4.78, 5) is 10.4. The first-order chi connectivity index (χ1) is 7.91. The van der Waals surface area contributed by atoms with Crippen molar-refractivity contribution in [2.45, 2.75) is 44.2 Å². The molecule has 0 radical (unpaired) electrons. The van der Waals surface area contributed by atoms with Crippen LogP contribution in [0, 0.1) is 0 Å². The van der Waals surface area contributed by atoms with Crippen LogP contribution >= 0.6 is 0 Å². The lowest BCUT2D eigenvalue weighted by atomic mass is 10.2. The van der Waals surface area contributed by atoms with E-state index in [0.29, 0.717) is 0 Å². The van der Waals surface area contributed by atoms with Gasteiger partial charge < -0.3 is 10.8 Å². The lowest BCUT2D eigenvalue weighted by Gasteiger charge is -2.13. The summed E-state index contributed by atoms with van der Waals surface area (Å²) in [5, 5.41) is 8.52. The summed E-state index contributed by atoms with van der Waals surface area (Å²) in [6.07, 6.45) is 3.86. The Morgan fingerprint density at radius 1 is 1.41 bits per heavy atom. The topological polar surface area (TPSA) is 122 Å². The van der Waals surface area contributed by atoms with E-state index in [0.717, 1.165) is 25.7 Å². The first kappa shape index (κ1) is 14.4. The fourth-order valence-electron chi connectivity index (χ4n) is 1.78. The number of rotatable bonds is 7. The van der Waals surface area contributed by atoms with Gasteiger partial charge in [-0.2, -0.15) is 13.1 Å². The third kappa shape index (κ3) is 5.44. The van der Waals surface area contributed by atoms with Gasteiger partial charge in [0.25, 0.3) is 10.2 Å². The van der Waals surface area contributed by atoms with Gasteiger partial charge in [-0.1, -0.05) is 12.8 Å². The van der Waals surface area contributed by atoms with E-state index in [1.165, 1.54) is 0 Å². The standard InChI is InChI=1S/C9H19N3O4S/c10-8(9(13)14)5-6-11-17(15,16)12-7-3-1-2-4-7/h7-8,11-12H,1-6,10H2,(H,13,14). The second kappa shape index (κ2) is 6.29. The highest BCUT2D eigenvalue weighted by molar-refractivity contribution is 7.87. The van der Waals surface area contributed by atoms with Crippen LogP contribution in [0.15, 0.2) is 0 Å². The summed E-state index contributed by atoms with van der Waals surface area (Å²) in [5.41, 5.74) is 5.25. The first-order valence-corrected chi connectivity index (χ1v) is 7.14. The van der Waals surface area contributed by atoms with Gasteiger partial charge in [0, 0.05) is 12.6 Å². The first-order valence-electron chi connectivity index (χ1n) is 5.66. The number of nitrogens with two attached hydrogens (primary N) is 1. The maximum Gasteiger partial charge on any atom is 0.320 e. The van der Waals surface area contributed by atoms with Gasteiger partial charge in [-0.15, -0.1) is 0 Å². The SMILES string of the molecule is NC(CCNS(=O)(=O)NC1CCCC1)C(=O)O. The maximum absolute atomic E-state index is 11.5. The van der Waals surface area contributed by atoms with E-state index < -0.39 is 22.2 Å². The molecule has 1 saturated carbocycles. The van der Waals surface area contributed by atoms with Crippen LogP contribution in [0.2, 0.25) is 0 Å². The molecule has 1 aliphatic carbocycles. The van der Waals surface area contributed by atoms with Gasteiger partial charge in [-0.3, -0.25) is 4.79 Å². The Balaban J connectivity index is 2.26. The van der Waals surface area contributed by atoms with E-state index in [1.807, 2.05) is 0 Å². The van der Waals surface area contributed by atoms with E-state index in [-0.39, 0.29) is 19.0 Å². The van der Waals surface area contributed by atoms with Crippen LogP contribution in [-0.2, 0) is 15.0 Å². The molecule has 0 aliphatic heterocycles. The summed E-state index contributed by atoms with van der Waals surface area (Å²) in [6.45, 7) is 0.0233. The molecule has 1 atom stereocenters. The van der Waals surface area contributed by atoms with Crippen molar-refractivity contribution < 1.29 is 18.3 Å². The molecule has 0 heterocycles. The molecule has 7 nitrogen and oxygen atoms in total. The lowest BCUT2D eigenvalue weighted by Crippen LogP contribution is -2.43. The van der Waals surface area contributed by atoms with E-state index >= 15 is 0 Å². The zero-order valence-electron chi connectivity index (χ0n) is 9.55. The van der Waals surface area contributed by atoms with E-state index in [1.54, 1.807) is 0 Å². The van der Waals surface area contributed by atoms with Crippen molar-refractivity contribution in [2.24, 2.45) is 5.73 Å². The molecule has 1 rings (SSSR count). The predicted octanol–water partition coefficient (Wildman–Crippen LogP) is -0.845. The number of carbonyl (C=O) groups is 1. The van der Waals surface area contributed by atoms with Gasteiger partial charge >= 0.3 is 5.97 Å². The Bertz CT molecular complexity index is 351. The number of aliphatic carboxylic acids is 1. The second-order valence-corrected chi connectivity index (χ2v) is 5.76. The van der Waals surface area contributed by atoms with Crippen LogP contribution in [0.25, 0.3) is 0 Å². The van der Waals surface area contributed by atoms with E-state index in [2.05, 4.69) is 9.44 Å². The molecule has 1 fully saturated rings. The predicted molar refractivity (Wildman–Crippen MR) is 62.5 cm³/mol. The largest absolute Gasteiger partial charge is 0.480 e. The summed E-state index contributed by atoms with van der Waals surface area (Å²) in [6, 6.07) is -1.04. The molecule has 1 aliphatic rings. The smallest absolute Gasteiger partial charge is 0.320 e. The molecule has 0 bridgehead atoms. The van der Waals surface area contributed by atoms with Gasteiger partial charge in [0.05, 0.1) is 0 Å². The molecule has 0 aromatic heterocycles. The normalized spacial score (nSPS) is 19.4. The summed E-state index contributed by atoms with van der Waals surface area (Å²) < 4.78 is 27.9. The molecular formula is C9H19N3O4S. The molecule has 0 aromatic carbocycles. The number of nitrogens with one attached hydrogen (secondary N) is 2. The molecule has 100 valence electrons. The highest BCUT2D eigenvalue weighted by Crippen LogP contribution is 2.17. The van der Waals surface area contributed by atoms with Crippen LogP contribution in [-0.4, -0.2) is 38.1 Å². The summed E-state index contributed by atoms with van der Waals surface area (Å²) in [7, 11) is -3.53. The minimum Gasteiger partial charge on any atom is -0.480 e. The minimum atomic E-state index is -3.53. The minimum absolute atomic E-state index is 0.000599. The molecule has 8 heteroatoms. The van der Waals surface area contributed by atoms with Crippen molar-refractivity contribution in [2.75, 3.05) is 6.54 Å². The molecule has 17 heavy (non-hydrogen) atoms. The molecule has 0 aromatic rings. The average Bonchev–Trinajstić information content (AvgIpc) is 2.68. The Morgan fingerprint density at radius 3 is 2.53 bits per heavy atom. The van der Waals surface area contributed by atoms with E-state index in [4.69, 9.17) is 10.8 Å². The van der Waals surface area contributed by atoms with Gasteiger partial charge in [0.1, 0.15) is 6.04 Å².